The second-order valence-corrected chi connectivity index (χ2v) is 7.13. The molecule has 2 heterocycles. The summed E-state index contributed by atoms with van der Waals surface area (Å²) < 4.78 is 0. The van der Waals surface area contributed by atoms with Crippen LogP contribution in [0.1, 0.15) is 46.6 Å². The first-order valence-corrected chi connectivity index (χ1v) is 9.15. The van der Waals surface area contributed by atoms with Crippen LogP contribution in [-0.4, -0.2) is 29.9 Å². The van der Waals surface area contributed by atoms with Crippen LogP contribution in [0.25, 0.3) is 0 Å². The molecule has 2 aromatic rings. The Morgan fingerprint density at radius 1 is 1.25 bits per heavy atom. The minimum Gasteiger partial charge on any atom is -0.348 e. The fourth-order valence-electron chi connectivity index (χ4n) is 3.29. The standard InChI is InChI=1S/C19H21N3OS/c1-14(21-19(23)16-8-6-15(13-20)7-9-16)18(17-5-4-12-24-17)22-10-2-3-11-22/h4-9,12,14,18H,2-3,10-11H2,1H3,(H,21,23)/t14-,18+/m0/s1. The minimum absolute atomic E-state index is 0.0184. The second-order valence-electron chi connectivity index (χ2n) is 6.15. The van der Waals surface area contributed by atoms with Crippen molar-refractivity contribution >= 4 is 17.2 Å². The summed E-state index contributed by atoms with van der Waals surface area (Å²) in [5.41, 5.74) is 1.15. The van der Waals surface area contributed by atoms with Crippen LogP contribution in [0, 0.1) is 11.3 Å². The smallest absolute Gasteiger partial charge is 0.251 e. The van der Waals surface area contributed by atoms with Crippen LogP contribution < -0.4 is 5.32 Å². The summed E-state index contributed by atoms with van der Waals surface area (Å²) in [5, 5.41) is 14.1. The molecule has 1 aliphatic heterocycles. The summed E-state index contributed by atoms with van der Waals surface area (Å²) in [5.74, 6) is -0.0901. The third kappa shape index (κ3) is 3.66. The lowest BCUT2D eigenvalue weighted by Crippen LogP contribution is -2.43. The van der Waals surface area contributed by atoms with Gasteiger partial charge in [-0.05, 0) is 68.6 Å². The van der Waals surface area contributed by atoms with Crippen molar-refractivity contribution in [3.05, 3.63) is 57.8 Å². The second kappa shape index (κ2) is 7.61. The first-order chi connectivity index (χ1) is 11.7. The number of nitriles is 1. The Labute approximate surface area is 146 Å². The van der Waals surface area contributed by atoms with Crippen LogP contribution >= 0.6 is 11.3 Å². The largest absolute Gasteiger partial charge is 0.348 e. The lowest BCUT2D eigenvalue weighted by Gasteiger charge is -2.32. The lowest BCUT2D eigenvalue weighted by atomic mass is 10.1. The number of hydrogen-bond donors (Lipinski definition) is 1. The molecule has 1 saturated heterocycles. The number of carbonyl (C=O) groups is 1. The number of nitrogens with zero attached hydrogens (tertiary/aromatic N) is 2. The molecule has 0 spiro atoms. The van der Waals surface area contributed by atoms with Gasteiger partial charge in [0.05, 0.1) is 17.7 Å². The molecule has 0 aliphatic carbocycles. The van der Waals surface area contributed by atoms with E-state index < -0.39 is 0 Å². The molecule has 2 atom stereocenters. The van der Waals surface area contributed by atoms with Gasteiger partial charge in [-0.15, -0.1) is 11.3 Å². The van der Waals surface area contributed by atoms with Gasteiger partial charge in [0.2, 0.25) is 0 Å². The van der Waals surface area contributed by atoms with Crippen LogP contribution in [0.3, 0.4) is 0 Å². The maximum Gasteiger partial charge on any atom is 0.251 e. The first-order valence-electron chi connectivity index (χ1n) is 8.27. The van der Waals surface area contributed by atoms with Crippen molar-refractivity contribution < 1.29 is 4.79 Å². The van der Waals surface area contributed by atoms with Crippen molar-refractivity contribution in [2.45, 2.75) is 31.8 Å². The lowest BCUT2D eigenvalue weighted by molar-refractivity contribution is 0.0908. The maximum absolute atomic E-state index is 12.5. The summed E-state index contributed by atoms with van der Waals surface area (Å²) >= 11 is 1.75. The van der Waals surface area contributed by atoms with Gasteiger partial charge in [0, 0.05) is 16.5 Å². The van der Waals surface area contributed by atoms with Gasteiger partial charge in [-0.2, -0.15) is 5.26 Å². The Hall–Kier alpha value is -2.16. The normalized spacial score (nSPS) is 17.2. The summed E-state index contributed by atoms with van der Waals surface area (Å²) in [6.07, 6.45) is 2.44. The number of amides is 1. The summed E-state index contributed by atoms with van der Waals surface area (Å²) in [4.78, 5) is 16.3. The van der Waals surface area contributed by atoms with E-state index in [0.717, 1.165) is 13.1 Å². The molecule has 24 heavy (non-hydrogen) atoms. The molecule has 4 nitrogen and oxygen atoms in total. The Kier molecular flexibility index (Phi) is 5.29. The number of nitrogens with one attached hydrogen (secondary N) is 1. The molecule has 0 radical (unpaired) electrons. The molecule has 124 valence electrons. The number of hydrogen-bond acceptors (Lipinski definition) is 4. The van der Waals surface area contributed by atoms with E-state index in [9.17, 15) is 4.79 Å². The quantitative estimate of drug-likeness (QED) is 0.906. The highest BCUT2D eigenvalue weighted by Gasteiger charge is 2.30. The molecule has 1 aromatic heterocycles. The molecule has 1 N–H and O–H groups in total. The summed E-state index contributed by atoms with van der Waals surface area (Å²) in [6.45, 7) is 4.24. The molecule has 5 heteroatoms. The Morgan fingerprint density at radius 3 is 2.54 bits per heavy atom. The topological polar surface area (TPSA) is 56.1 Å². The molecule has 3 rings (SSSR count). The zero-order chi connectivity index (χ0) is 16.9. The fraction of sp³-hybridized carbons (Fsp3) is 0.368. The molecule has 0 saturated carbocycles. The van der Waals surface area contributed by atoms with Gasteiger partial charge in [-0.3, -0.25) is 9.69 Å². The number of benzene rings is 1. The van der Waals surface area contributed by atoms with E-state index in [2.05, 4.69) is 40.7 Å². The van der Waals surface area contributed by atoms with Crippen molar-refractivity contribution in [1.82, 2.24) is 10.2 Å². The van der Waals surface area contributed by atoms with Gasteiger partial charge in [-0.1, -0.05) is 6.07 Å². The third-order valence-electron chi connectivity index (χ3n) is 4.48. The van der Waals surface area contributed by atoms with Crippen LogP contribution in [0.2, 0.25) is 0 Å². The van der Waals surface area contributed by atoms with E-state index in [-0.39, 0.29) is 18.0 Å². The van der Waals surface area contributed by atoms with Crippen molar-refractivity contribution in [2.75, 3.05) is 13.1 Å². The molecule has 1 aromatic carbocycles. The molecule has 1 fully saturated rings. The van der Waals surface area contributed by atoms with Crippen molar-refractivity contribution in [3.8, 4) is 6.07 Å². The predicted molar refractivity (Wildman–Crippen MR) is 96.0 cm³/mol. The van der Waals surface area contributed by atoms with E-state index in [0.29, 0.717) is 11.1 Å². The maximum atomic E-state index is 12.5. The van der Waals surface area contributed by atoms with Crippen molar-refractivity contribution in [2.24, 2.45) is 0 Å². The monoisotopic (exact) mass is 339 g/mol. The fourth-order valence-corrected chi connectivity index (χ4v) is 4.25. The van der Waals surface area contributed by atoms with Crippen molar-refractivity contribution in [3.63, 3.8) is 0 Å². The average molecular weight is 339 g/mol. The molecule has 1 aliphatic rings. The molecular weight excluding hydrogens is 318 g/mol. The van der Waals surface area contributed by atoms with Crippen molar-refractivity contribution in [1.29, 1.82) is 5.26 Å². The first kappa shape index (κ1) is 16.7. The van der Waals surface area contributed by atoms with Gasteiger partial charge >= 0.3 is 0 Å². The van der Waals surface area contributed by atoms with Crippen LogP contribution in [0.4, 0.5) is 0 Å². The van der Waals surface area contributed by atoms with E-state index in [1.165, 1.54) is 17.7 Å². The SMILES string of the molecule is C[C@H](NC(=O)c1ccc(C#N)cc1)[C@H](c1cccs1)N1CCCC1. The van der Waals surface area contributed by atoms with Crippen LogP contribution in [0.5, 0.6) is 0 Å². The Morgan fingerprint density at radius 2 is 1.96 bits per heavy atom. The predicted octanol–water partition coefficient (Wildman–Crippen LogP) is 3.58. The number of rotatable bonds is 5. The summed E-state index contributed by atoms with van der Waals surface area (Å²) in [7, 11) is 0. The van der Waals surface area contributed by atoms with Gasteiger partial charge in [0.25, 0.3) is 5.91 Å². The zero-order valence-electron chi connectivity index (χ0n) is 13.7. The minimum atomic E-state index is -0.0901. The number of carbonyl (C=O) groups excluding carboxylic acids is 1. The highest BCUT2D eigenvalue weighted by molar-refractivity contribution is 7.10. The zero-order valence-corrected chi connectivity index (χ0v) is 14.6. The third-order valence-corrected chi connectivity index (χ3v) is 5.42. The number of likely N-dealkylation sites (tertiary alicyclic amines) is 1. The van der Waals surface area contributed by atoms with Gasteiger partial charge in [0.15, 0.2) is 0 Å². The molecular formula is C19H21N3OS. The molecule has 1 amide bonds. The van der Waals surface area contributed by atoms with Gasteiger partial charge in [0.1, 0.15) is 0 Å². The van der Waals surface area contributed by atoms with Crippen LogP contribution in [-0.2, 0) is 0 Å². The van der Waals surface area contributed by atoms with E-state index in [4.69, 9.17) is 5.26 Å². The van der Waals surface area contributed by atoms with Crippen LogP contribution in [0.15, 0.2) is 41.8 Å². The highest BCUT2D eigenvalue weighted by atomic mass is 32.1. The van der Waals surface area contributed by atoms with Gasteiger partial charge < -0.3 is 5.32 Å². The Bertz CT molecular complexity index is 712. The van der Waals surface area contributed by atoms with E-state index >= 15 is 0 Å². The molecule has 0 unspecified atom stereocenters. The Balaban J connectivity index is 1.73. The van der Waals surface area contributed by atoms with E-state index in [1.54, 1.807) is 35.6 Å². The molecule has 0 bridgehead atoms. The highest BCUT2D eigenvalue weighted by Crippen LogP contribution is 2.31. The number of thiophene rings is 1. The summed E-state index contributed by atoms with van der Waals surface area (Å²) in [6, 6.07) is 13.3. The van der Waals surface area contributed by atoms with E-state index in [1.807, 2.05) is 0 Å². The van der Waals surface area contributed by atoms with Gasteiger partial charge in [-0.25, -0.2) is 0 Å². The average Bonchev–Trinajstić information content (AvgIpc) is 3.29.